The number of rotatable bonds is 3. The van der Waals surface area contributed by atoms with Gasteiger partial charge in [-0.3, -0.25) is 0 Å². The van der Waals surface area contributed by atoms with Crippen LogP contribution in [0.1, 0.15) is 23.7 Å². The zero-order chi connectivity index (χ0) is 12.4. The summed E-state index contributed by atoms with van der Waals surface area (Å²) in [4.78, 5) is 0. The standard InChI is InChI=1S/C15H21NO2/c1-16-14(12-6-8-17-10-12)15-13-5-3-2-4-11(13)7-9-18-15/h2-5,12,14-16H,6-10H2,1H3. The van der Waals surface area contributed by atoms with E-state index in [0.29, 0.717) is 12.0 Å². The lowest BCUT2D eigenvalue weighted by molar-refractivity contribution is 0.000281. The van der Waals surface area contributed by atoms with Crippen LogP contribution in [0.2, 0.25) is 0 Å². The minimum absolute atomic E-state index is 0.173. The maximum atomic E-state index is 6.05. The monoisotopic (exact) mass is 247 g/mol. The van der Waals surface area contributed by atoms with Gasteiger partial charge in [0.05, 0.1) is 19.3 Å². The van der Waals surface area contributed by atoms with Crippen molar-refractivity contribution in [2.24, 2.45) is 5.92 Å². The van der Waals surface area contributed by atoms with Gasteiger partial charge in [0.1, 0.15) is 0 Å². The molecular formula is C15H21NO2. The van der Waals surface area contributed by atoms with E-state index in [1.807, 2.05) is 7.05 Å². The van der Waals surface area contributed by atoms with Crippen molar-refractivity contribution in [1.29, 1.82) is 0 Å². The molecule has 1 saturated heterocycles. The molecule has 2 aliphatic heterocycles. The lowest BCUT2D eigenvalue weighted by Crippen LogP contribution is -2.42. The fraction of sp³-hybridized carbons (Fsp3) is 0.600. The maximum absolute atomic E-state index is 6.05. The van der Waals surface area contributed by atoms with Gasteiger partial charge < -0.3 is 14.8 Å². The van der Waals surface area contributed by atoms with Gasteiger partial charge in [-0.25, -0.2) is 0 Å². The third kappa shape index (κ3) is 2.18. The first-order valence-corrected chi connectivity index (χ1v) is 6.84. The van der Waals surface area contributed by atoms with Crippen LogP contribution in [-0.2, 0) is 15.9 Å². The fourth-order valence-corrected chi connectivity index (χ4v) is 3.19. The summed E-state index contributed by atoms with van der Waals surface area (Å²) in [6, 6.07) is 9.02. The summed E-state index contributed by atoms with van der Waals surface area (Å²) in [6.07, 6.45) is 2.34. The first-order chi connectivity index (χ1) is 8.90. The maximum Gasteiger partial charge on any atom is 0.0984 e. The van der Waals surface area contributed by atoms with E-state index in [1.54, 1.807) is 0 Å². The van der Waals surface area contributed by atoms with E-state index >= 15 is 0 Å². The number of likely N-dealkylation sites (N-methyl/N-ethyl adjacent to an activating group) is 1. The molecule has 3 nitrogen and oxygen atoms in total. The topological polar surface area (TPSA) is 30.5 Å². The quantitative estimate of drug-likeness (QED) is 0.885. The molecule has 0 bridgehead atoms. The van der Waals surface area contributed by atoms with Crippen LogP contribution in [-0.4, -0.2) is 32.9 Å². The predicted octanol–water partition coefficient (Wildman–Crippen LogP) is 1.92. The Hall–Kier alpha value is -0.900. The summed E-state index contributed by atoms with van der Waals surface area (Å²) >= 11 is 0. The fourth-order valence-electron chi connectivity index (χ4n) is 3.19. The Bertz CT molecular complexity index is 401. The van der Waals surface area contributed by atoms with Crippen LogP contribution < -0.4 is 5.32 Å². The third-order valence-electron chi connectivity index (χ3n) is 4.16. The molecule has 18 heavy (non-hydrogen) atoms. The van der Waals surface area contributed by atoms with Crippen LogP contribution in [0.5, 0.6) is 0 Å². The van der Waals surface area contributed by atoms with Gasteiger partial charge in [-0.1, -0.05) is 24.3 Å². The largest absolute Gasteiger partial charge is 0.381 e. The predicted molar refractivity (Wildman–Crippen MR) is 70.6 cm³/mol. The van der Waals surface area contributed by atoms with E-state index in [0.717, 1.165) is 32.7 Å². The van der Waals surface area contributed by atoms with Crippen molar-refractivity contribution in [3.63, 3.8) is 0 Å². The van der Waals surface area contributed by atoms with Crippen LogP contribution >= 0.6 is 0 Å². The number of fused-ring (bicyclic) bond motifs is 1. The van der Waals surface area contributed by atoms with Crippen molar-refractivity contribution in [3.8, 4) is 0 Å². The Balaban J connectivity index is 1.87. The van der Waals surface area contributed by atoms with Crippen molar-refractivity contribution in [2.75, 3.05) is 26.9 Å². The van der Waals surface area contributed by atoms with Crippen molar-refractivity contribution < 1.29 is 9.47 Å². The molecule has 2 aliphatic rings. The SMILES string of the molecule is CNC(C1CCOC1)C1OCCc2ccccc21. The van der Waals surface area contributed by atoms with Crippen LogP contribution in [0.25, 0.3) is 0 Å². The van der Waals surface area contributed by atoms with Crippen LogP contribution in [0.4, 0.5) is 0 Å². The zero-order valence-electron chi connectivity index (χ0n) is 10.9. The van der Waals surface area contributed by atoms with Crippen molar-refractivity contribution in [2.45, 2.75) is 25.0 Å². The summed E-state index contributed by atoms with van der Waals surface area (Å²) < 4.78 is 11.6. The molecule has 1 aromatic carbocycles. The molecule has 0 radical (unpaired) electrons. The average Bonchev–Trinajstić information content (AvgIpc) is 2.94. The van der Waals surface area contributed by atoms with Gasteiger partial charge in [-0.05, 0) is 31.0 Å². The minimum atomic E-state index is 0.173. The minimum Gasteiger partial charge on any atom is -0.381 e. The van der Waals surface area contributed by atoms with E-state index < -0.39 is 0 Å². The number of hydrogen-bond acceptors (Lipinski definition) is 3. The van der Waals surface area contributed by atoms with Crippen LogP contribution in [0.15, 0.2) is 24.3 Å². The van der Waals surface area contributed by atoms with Gasteiger partial charge in [0, 0.05) is 18.6 Å². The van der Waals surface area contributed by atoms with Gasteiger partial charge in [0.25, 0.3) is 0 Å². The highest BCUT2D eigenvalue weighted by atomic mass is 16.5. The smallest absolute Gasteiger partial charge is 0.0984 e. The Kier molecular flexibility index (Phi) is 3.64. The molecule has 3 unspecified atom stereocenters. The summed E-state index contributed by atoms with van der Waals surface area (Å²) in [5, 5.41) is 3.45. The van der Waals surface area contributed by atoms with Gasteiger partial charge in [-0.15, -0.1) is 0 Å². The highest BCUT2D eigenvalue weighted by Gasteiger charge is 2.35. The molecule has 0 saturated carbocycles. The Morgan fingerprint density at radius 3 is 2.94 bits per heavy atom. The van der Waals surface area contributed by atoms with Gasteiger partial charge in [-0.2, -0.15) is 0 Å². The molecule has 98 valence electrons. The Labute approximate surface area is 108 Å². The lowest BCUT2D eigenvalue weighted by atomic mass is 9.86. The van der Waals surface area contributed by atoms with Crippen LogP contribution in [0.3, 0.4) is 0 Å². The van der Waals surface area contributed by atoms with Crippen molar-refractivity contribution in [1.82, 2.24) is 5.32 Å². The average molecular weight is 247 g/mol. The van der Waals surface area contributed by atoms with Gasteiger partial charge in [0.15, 0.2) is 0 Å². The highest BCUT2D eigenvalue weighted by Crippen LogP contribution is 2.34. The van der Waals surface area contributed by atoms with Gasteiger partial charge >= 0.3 is 0 Å². The molecule has 1 N–H and O–H groups in total. The van der Waals surface area contributed by atoms with Crippen molar-refractivity contribution >= 4 is 0 Å². The molecule has 3 rings (SSSR count). The molecule has 0 amide bonds. The Morgan fingerprint density at radius 2 is 2.17 bits per heavy atom. The van der Waals surface area contributed by atoms with Crippen molar-refractivity contribution in [3.05, 3.63) is 35.4 Å². The first kappa shape index (κ1) is 12.2. The van der Waals surface area contributed by atoms with E-state index in [9.17, 15) is 0 Å². The number of ether oxygens (including phenoxy) is 2. The molecule has 3 heteroatoms. The van der Waals surface area contributed by atoms with E-state index in [4.69, 9.17) is 9.47 Å². The molecule has 1 fully saturated rings. The first-order valence-electron chi connectivity index (χ1n) is 6.84. The zero-order valence-corrected chi connectivity index (χ0v) is 10.9. The summed E-state index contributed by atoms with van der Waals surface area (Å²) in [5.41, 5.74) is 2.79. The molecule has 0 spiro atoms. The Morgan fingerprint density at radius 1 is 1.28 bits per heavy atom. The lowest BCUT2D eigenvalue weighted by Gasteiger charge is -2.35. The second kappa shape index (κ2) is 5.39. The van der Waals surface area contributed by atoms with Crippen LogP contribution in [0, 0.1) is 5.92 Å². The van der Waals surface area contributed by atoms with E-state index in [2.05, 4.69) is 29.6 Å². The molecular weight excluding hydrogens is 226 g/mol. The second-order valence-corrected chi connectivity index (χ2v) is 5.18. The molecule has 1 aromatic rings. The molecule has 3 atom stereocenters. The number of nitrogens with one attached hydrogen (secondary N) is 1. The number of benzene rings is 1. The number of hydrogen-bond donors (Lipinski definition) is 1. The normalized spacial score (nSPS) is 28.9. The second-order valence-electron chi connectivity index (χ2n) is 5.18. The van der Waals surface area contributed by atoms with Gasteiger partial charge in [0.2, 0.25) is 0 Å². The summed E-state index contributed by atoms with van der Waals surface area (Å²) in [7, 11) is 2.03. The molecule has 0 aromatic heterocycles. The molecule has 0 aliphatic carbocycles. The molecule has 2 heterocycles. The van der Waals surface area contributed by atoms with E-state index in [1.165, 1.54) is 11.1 Å². The third-order valence-corrected chi connectivity index (χ3v) is 4.16. The highest BCUT2D eigenvalue weighted by molar-refractivity contribution is 5.32. The summed E-state index contributed by atoms with van der Waals surface area (Å²) in [5.74, 6) is 0.561. The summed E-state index contributed by atoms with van der Waals surface area (Å²) in [6.45, 7) is 2.57. The van der Waals surface area contributed by atoms with E-state index in [-0.39, 0.29) is 6.10 Å².